The molecule has 3 nitrogen and oxygen atoms in total. The summed E-state index contributed by atoms with van der Waals surface area (Å²) in [7, 11) is 0. The van der Waals surface area contributed by atoms with Gasteiger partial charge in [0.2, 0.25) is 0 Å². The molecule has 1 aromatic heterocycles. The van der Waals surface area contributed by atoms with E-state index in [0.717, 1.165) is 29.0 Å². The van der Waals surface area contributed by atoms with Gasteiger partial charge in [-0.2, -0.15) is 13.2 Å². The molecule has 3 aromatic rings. The Morgan fingerprint density at radius 3 is 2.29 bits per heavy atom. The maximum atomic E-state index is 13.2. The molecule has 0 aliphatic carbocycles. The predicted octanol–water partition coefficient (Wildman–Crippen LogP) is 5.06. The Morgan fingerprint density at radius 1 is 0.964 bits per heavy atom. The van der Waals surface area contributed by atoms with E-state index in [0.29, 0.717) is 13.1 Å². The third-order valence-electron chi connectivity index (χ3n) is 5.15. The fourth-order valence-electron chi connectivity index (χ4n) is 3.67. The Hall–Kier alpha value is -3.02. The molecule has 0 bridgehead atoms. The average Bonchev–Trinajstić information content (AvgIpc) is 3.16. The van der Waals surface area contributed by atoms with Gasteiger partial charge in [0, 0.05) is 30.5 Å². The maximum absolute atomic E-state index is 13.2. The fraction of sp³-hybridized carbons (Fsp3) is 0.227. The molecule has 0 N–H and O–H groups in total. The normalized spacial score (nSPS) is 16.7. The van der Waals surface area contributed by atoms with Crippen LogP contribution in [0.3, 0.4) is 0 Å². The highest BCUT2D eigenvalue weighted by molar-refractivity contribution is 5.95. The van der Waals surface area contributed by atoms with Crippen molar-refractivity contribution in [1.82, 2.24) is 9.47 Å². The Morgan fingerprint density at radius 2 is 1.64 bits per heavy atom. The zero-order valence-corrected chi connectivity index (χ0v) is 15.3. The summed E-state index contributed by atoms with van der Waals surface area (Å²) >= 11 is 0. The molecule has 1 amide bonds. The number of hydrogen-bond donors (Lipinski definition) is 0. The van der Waals surface area contributed by atoms with Crippen molar-refractivity contribution in [2.45, 2.75) is 25.7 Å². The summed E-state index contributed by atoms with van der Waals surface area (Å²) in [6.07, 6.45) is -2.44. The van der Waals surface area contributed by atoms with Crippen LogP contribution >= 0.6 is 0 Å². The van der Waals surface area contributed by atoms with E-state index in [1.54, 1.807) is 4.90 Å². The van der Waals surface area contributed by atoms with Crippen LogP contribution in [0.1, 0.15) is 38.8 Å². The van der Waals surface area contributed by atoms with Gasteiger partial charge >= 0.3 is 6.18 Å². The molecular formula is C22H19F3N2O. The number of aromatic nitrogens is 1. The zero-order valence-electron chi connectivity index (χ0n) is 15.3. The molecule has 144 valence electrons. The van der Waals surface area contributed by atoms with Crippen LogP contribution in [0.2, 0.25) is 0 Å². The molecule has 1 unspecified atom stereocenters. The monoisotopic (exact) mass is 384 g/mol. The second-order valence-electron chi connectivity index (χ2n) is 7.01. The van der Waals surface area contributed by atoms with E-state index in [-0.39, 0.29) is 17.5 Å². The molecule has 1 atom stereocenters. The van der Waals surface area contributed by atoms with Crippen LogP contribution in [0.4, 0.5) is 13.2 Å². The molecule has 2 aromatic carbocycles. The molecule has 0 spiro atoms. The standard InChI is InChI=1S/C22H19F3N2O/c1-15-4-6-16(7-5-15)20-19-3-2-12-26(19)13-14-27(20)21(28)17-8-10-18(11-9-17)22(23,24)25/h2-12,20H,13-14H2,1H3. The highest BCUT2D eigenvalue weighted by atomic mass is 19.4. The number of carbonyl (C=O) groups excluding carboxylic acids is 1. The molecule has 0 saturated heterocycles. The lowest BCUT2D eigenvalue weighted by Gasteiger charge is -2.37. The van der Waals surface area contributed by atoms with E-state index in [1.165, 1.54) is 12.1 Å². The highest BCUT2D eigenvalue weighted by Crippen LogP contribution is 2.34. The van der Waals surface area contributed by atoms with Gasteiger partial charge in [-0.25, -0.2) is 0 Å². The Bertz CT molecular complexity index is 988. The summed E-state index contributed by atoms with van der Waals surface area (Å²) in [4.78, 5) is 14.9. The van der Waals surface area contributed by atoms with E-state index < -0.39 is 11.7 Å². The van der Waals surface area contributed by atoms with Crippen LogP contribution < -0.4 is 0 Å². The minimum atomic E-state index is -4.42. The number of rotatable bonds is 2. The Kier molecular flexibility index (Phi) is 4.49. The molecule has 1 aliphatic heterocycles. The van der Waals surface area contributed by atoms with Gasteiger partial charge < -0.3 is 9.47 Å². The Labute approximate surface area is 161 Å². The van der Waals surface area contributed by atoms with Gasteiger partial charge in [-0.3, -0.25) is 4.79 Å². The minimum Gasteiger partial charge on any atom is -0.348 e. The minimum absolute atomic E-state index is 0.255. The first-order chi connectivity index (χ1) is 13.3. The molecule has 4 rings (SSSR count). The summed E-state index contributed by atoms with van der Waals surface area (Å²) in [5.41, 5.74) is 2.59. The zero-order chi connectivity index (χ0) is 19.9. The van der Waals surface area contributed by atoms with E-state index in [2.05, 4.69) is 4.57 Å². The van der Waals surface area contributed by atoms with Crippen molar-refractivity contribution < 1.29 is 18.0 Å². The number of aryl methyl sites for hydroxylation is 1. The maximum Gasteiger partial charge on any atom is 0.416 e. The average molecular weight is 384 g/mol. The number of nitrogens with zero attached hydrogens (tertiary/aromatic N) is 2. The quantitative estimate of drug-likeness (QED) is 0.606. The number of fused-ring (bicyclic) bond motifs is 1. The lowest BCUT2D eigenvalue weighted by atomic mass is 9.97. The largest absolute Gasteiger partial charge is 0.416 e. The summed E-state index contributed by atoms with van der Waals surface area (Å²) < 4.78 is 40.6. The lowest BCUT2D eigenvalue weighted by Crippen LogP contribution is -2.42. The third-order valence-corrected chi connectivity index (χ3v) is 5.15. The first-order valence-electron chi connectivity index (χ1n) is 9.04. The molecule has 6 heteroatoms. The highest BCUT2D eigenvalue weighted by Gasteiger charge is 2.34. The fourth-order valence-corrected chi connectivity index (χ4v) is 3.67. The number of hydrogen-bond acceptors (Lipinski definition) is 1. The molecule has 0 saturated carbocycles. The first-order valence-corrected chi connectivity index (χ1v) is 9.04. The van der Waals surface area contributed by atoms with Crippen LogP contribution in [-0.2, 0) is 12.7 Å². The van der Waals surface area contributed by atoms with E-state index >= 15 is 0 Å². The topological polar surface area (TPSA) is 25.2 Å². The summed E-state index contributed by atoms with van der Waals surface area (Å²) in [5, 5.41) is 0. The third kappa shape index (κ3) is 3.30. The van der Waals surface area contributed by atoms with Crippen LogP contribution in [0.25, 0.3) is 0 Å². The number of halogens is 3. The van der Waals surface area contributed by atoms with Crippen LogP contribution in [0.5, 0.6) is 0 Å². The van der Waals surface area contributed by atoms with Crippen molar-refractivity contribution in [2.24, 2.45) is 0 Å². The molecule has 28 heavy (non-hydrogen) atoms. The van der Waals surface area contributed by atoms with E-state index in [4.69, 9.17) is 0 Å². The Balaban J connectivity index is 1.71. The van der Waals surface area contributed by atoms with Gasteiger partial charge in [-0.05, 0) is 48.9 Å². The number of carbonyl (C=O) groups is 1. The summed E-state index contributed by atoms with van der Waals surface area (Å²) in [5.74, 6) is -0.272. The van der Waals surface area contributed by atoms with Gasteiger partial charge in [0.05, 0.1) is 11.6 Å². The smallest absolute Gasteiger partial charge is 0.348 e. The second-order valence-corrected chi connectivity index (χ2v) is 7.01. The lowest BCUT2D eigenvalue weighted by molar-refractivity contribution is -0.137. The van der Waals surface area contributed by atoms with Gasteiger partial charge in [-0.1, -0.05) is 29.8 Å². The van der Waals surface area contributed by atoms with Gasteiger partial charge in [0.1, 0.15) is 0 Å². The first kappa shape index (κ1) is 18.3. The number of benzene rings is 2. The predicted molar refractivity (Wildman–Crippen MR) is 99.9 cm³/mol. The van der Waals surface area contributed by atoms with Crippen LogP contribution in [0.15, 0.2) is 66.9 Å². The van der Waals surface area contributed by atoms with Crippen molar-refractivity contribution in [2.75, 3.05) is 6.54 Å². The summed E-state index contributed by atoms with van der Waals surface area (Å²) in [6, 6.07) is 16.1. The number of alkyl halides is 3. The molecule has 2 heterocycles. The van der Waals surface area contributed by atoms with E-state index in [1.807, 2.05) is 49.5 Å². The van der Waals surface area contributed by atoms with Crippen molar-refractivity contribution in [3.8, 4) is 0 Å². The molecule has 1 aliphatic rings. The van der Waals surface area contributed by atoms with Crippen LogP contribution in [0, 0.1) is 6.92 Å². The van der Waals surface area contributed by atoms with Crippen molar-refractivity contribution in [3.05, 3.63) is 94.8 Å². The molecule has 0 fully saturated rings. The van der Waals surface area contributed by atoms with Gasteiger partial charge in [-0.15, -0.1) is 0 Å². The molecular weight excluding hydrogens is 365 g/mol. The number of amides is 1. The van der Waals surface area contributed by atoms with Crippen molar-refractivity contribution in [1.29, 1.82) is 0 Å². The van der Waals surface area contributed by atoms with Crippen molar-refractivity contribution in [3.63, 3.8) is 0 Å². The summed E-state index contributed by atoms with van der Waals surface area (Å²) in [6.45, 7) is 3.13. The SMILES string of the molecule is Cc1ccc(C2c3cccn3CCN2C(=O)c2ccc(C(F)(F)F)cc2)cc1. The van der Waals surface area contributed by atoms with E-state index in [9.17, 15) is 18.0 Å². The molecule has 0 radical (unpaired) electrons. The van der Waals surface area contributed by atoms with Gasteiger partial charge in [0.25, 0.3) is 5.91 Å². The van der Waals surface area contributed by atoms with Crippen LogP contribution in [-0.4, -0.2) is 21.9 Å². The van der Waals surface area contributed by atoms with Crippen molar-refractivity contribution >= 4 is 5.91 Å². The van der Waals surface area contributed by atoms with Gasteiger partial charge in [0.15, 0.2) is 0 Å². The second kappa shape index (κ2) is 6.86.